The monoisotopic (exact) mass is 313 g/mol. The Morgan fingerprint density at radius 1 is 1.15 bits per heavy atom. The van der Waals surface area contributed by atoms with Crippen LogP contribution in [0.3, 0.4) is 0 Å². The molecule has 1 nitrogen and oxygen atoms in total. The first-order chi connectivity index (χ1) is 9.51. The third-order valence-corrected chi connectivity index (χ3v) is 5.02. The molecule has 1 N–H and O–H groups in total. The zero-order valence-corrected chi connectivity index (χ0v) is 14.0. The minimum Gasteiger partial charge on any atom is -0.316 e. The molecule has 0 saturated heterocycles. The van der Waals surface area contributed by atoms with Gasteiger partial charge < -0.3 is 5.32 Å². The lowest BCUT2D eigenvalue weighted by molar-refractivity contribution is 0.273. The third-order valence-electron chi connectivity index (χ3n) is 4.28. The molecule has 1 aliphatic rings. The largest absolute Gasteiger partial charge is 0.316 e. The summed E-state index contributed by atoms with van der Waals surface area (Å²) < 4.78 is 0. The van der Waals surface area contributed by atoms with Crippen LogP contribution in [-0.2, 0) is 6.42 Å². The average Bonchev–Trinajstić information content (AvgIpc) is 2.82. The molecule has 2 rings (SSSR count). The standard InChI is InChI=1S/C17H25Cl2N/c1-13(2)11-20-12-17(7-3-4-8-17)10-14-5-6-15(18)16(19)9-14/h5-6,9,13,20H,3-4,7-8,10-12H2,1-2H3. The molecule has 1 fully saturated rings. The molecule has 20 heavy (non-hydrogen) atoms. The van der Waals surface area contributed by atoms with E-state index in [0.29, 0.717) is 21.4 Å². The Bertz CT molecular complexity index is 437. The van der Waals surface area contributed by atoms with E-state index >= 15 is 0 Å². The lowest BCUT2D eigenvalue weighted by Gasteiger charge is -2.30. The van der Waals surface area contributed by atoms with Crippen molar-refractivity contribution in [3.8, 4) is 0 Å². The first-order valence-electron chi connectivity index (χ1n) is 7.65. The molecule has 0 bridgehead atoms. The molecule has 0 aliphatic heterocycles. The summed E-state index contributed by atoms with van der Waals surface area (Å²) in [5.41, 5.74) is 1.72. The minimum atomic E-state index is 0.409. The van der Waals surface area contributed by atoms with E-state index in [2.05, 4.69) is 25.2 Å². The van der Waals surface area contributed by atoms with Crippen LogP contribution in [0.4, 0.5) is 0 Å². The molecule has 3 heteroatoms. The topological polar surface area (TPSA) is 12.0 Å². The molecule has 1 aromatic rings. The van der Waals surface area contributed by atoms with E-state index in [-0.39, 0.29) is 0 Å². The molecule has 0 heterocycles. The second-order valence-electron chi connectivity index (χ2n) is 6.66. The van der Waals surface area contributed by atoms with E-state index in [9.17, 15) is 0 Å². The summed E-state index contributed by atoms with van der Waals surface area (Å²) in [5.74, 6) is 0.707. The second kappa shape index (κ2) is 7.15. The Hall–Kier alpha value is -0.240. The van der Waals surface area contributed by atoms with E-state index < -0.39 is 0 Å². The van der Waals surface area contributed by atoms with Crippen LogP contribution in [-0.4, -0.2) is 13.1 Å². The number of benzene rings is 1. The predicted molar refractivity (Wildman–Crippen MR) is 88.8 cm³/mol. The van der Waals surface area contributed by atoms with Gasteiger partial charge in [-0.15, -0.1) is 0 Å². The quantitative estimate of drug-likeness (QED) is 0.747. The van der Waals surface area contributed by atoms with Gasteiger partial charge in [0, 0.05) is 6.54 Å². The lowest BCUT2D eigenvalue weighted by Crippen LogP contribution is -2.35. The van der Waals surface area contributed by atoms with E-state index in [1.54, 1.807) is 0 Å². The van der Waals surface area contributed by atoms with E-state index in [0.717, 1.165) is 19.5 Å². The molecule has 0 spiro atoms. The van der Waals surface area contributed by atoms with Crippen molar-refractivity contribution in [3.05, 3.63) is 33.8 Å². The van der Waals surface area contributed by atoms with Crippen molar-refractivity contribution in [3.63, 3.8) is 0 Å². The number of rotatable bonds is 6. The Balaban J connectivity index is 2.02. The summed E-state index contributed by atoms with van der Waals surface area (Å²) in [6.45, 7) is 6.73. The first kappa shape index (κ1) is 16.1. The van der Waals surface area contributed by atoms with Crippen molar-refractivity contribution in [2.45, 2.75) is 46.0 Å². The zero-order valence-electron chi connectivity index (χ0n) is 12.5. The van der Waals surface area contributed by atoms with Gasteiger partial charge in [-0.1, -0.05) is 56.0 Å². The van der Waals surface area contributed by atoms with Crippen molar-refractivity contribution in [1.82, 2.24) is 5.32 Å². The highest BCUT2D eigenvalue weighted by molar-refractivity contribution is 6.42. The zero-order chi connectivity index (χ0) is 14.6. The summed E-state index contributed by atoms with van der Waals surface area (Å²) >= 11 is 12.1. The molecule has 0 atom stereocenters. The van der Waals surface area contributed by atoms with Crippen LogP contribution in [0.25, 0.3) is 0 Å². The number of hydrogen-bond acceptors (Lipinski definition) is 1. The van der Waals surface area contributed by atoms with Gasteiger partial charge in [-0.2, -0.15) is 0 Å². The predicted octanol–water partition coefficient (Wildman–Crippen LogP) is 5.34. The normalized spacial score (nSPS) is 17.9. The van der Waals surface area contributed by atoms with Crippen LogP contribution >= 0.6 is 23.2 Å². The number of halogens is 2. The van der Waals surface area contributed by atoms with Gasteiger partial charge in [0.2, 0.25) is 0 Å². The van der Waals surface area contributed by atoms with Gasteiger partial charge in [-0.25, -0.2) is 0 Å². The van der Waals surface area contributed by atoms with Crippen LogP contribution in [0.5, 0.6) is 0 Å². The lowest BCUT2D eigenvalue weighted by atomic mass is 9.80. The molecule has 1 aromatic carbocycles. The first-order valence-corrected chi connectivity index (χ1v) is 8.41. The van der Waals surface area contributed by atoms with Gasteiger partial charge in [0.05, 0.1) is 10.0 Å². The summed E-state index contributed by atoms with van der Waals surface area (Å²) in [6, 6.07) is 6.08. The highest BCUT2D eigenvalue weighted by atomic mass is 35.5. The summed E-state index contributed by atoms with van der Waals surface area (Å²) in [7, 11) is 0. The number of nitrogens with one attached hydrogen (secondary N) is 1. The fourth-order valence-electron chi connectivity index (χ4n) is 3.25. The molecule has 0 amide bonds. The molecule has 0 aromatic heterocycles. The van der Waals surface area contributed by atoms with Crippen LogP contribution in [0.15, 0.2) is 18.2 Å². The highest BCUT2D eigenvalue weighted by Crippen LogP contribution is 2.41. The molecule has 0 unspecified atom stereocenters. The summed E-state index contributed by atoms with van der Waals surface area (Å²) in [4.78, 5) is 0. The van der Waals surface area contributed by atoms with E-state index in [1.807, 2.05) is 12.1 Å². The second-order valence-corrected chi connectivity index (χ2v) is 7.47. The maximum absolute atomic E-state index is 6.14. The maximum atomic E-state index is 6.14. The molecule has 0 radical (unpaired) electrons. The van der Waals surface area contributed by atoms with E-state index in [1.165, 1.54) is 31.2 Å². The summed E-state index contributed by atoms with van der Waals surface area (Å²) in [6.07, 6.45) is 6.45. The van der Waals surface area contributed by atoms with Gasteiger partial charge in [0.25, 0.3) is 0 Å². The molecular weight excluding hydrogens is 289 g/mol. The Labute approximate surface area is 133 Å². The van der Waals surface area contributed by atoms with Crippen molar-refractivity contribution >= 4 is 23.2 Å². The van der Waals surface area contributed by atoms with Crippen molar-refractivity contribution < 1.29 is 0 Å². The van der Waals surface area contributed by atoms with Gasteiger partial charge in [-0.05, 0) is 54.8 Å². The smallest absolute Gasteiger partial charge is 0.0595 e. The van der Waals surface area contributed by atoms with Gasteiger partial charge in [-0.3, -0.25) is 0 Å². The third kappa shape index (κ3) is 4.38. The van der Waals surface area contributed by atoms with Crippen LogP contribution in [0, 0.1) is 11.3 Å². The molecule has 1 aliphatic carbocycles. The highest BCUT2D eigenvalue weighted by Gasteiger charge is 2.33. The van der Waals surface area contributed by atoms with Crippen molar-refractivity contribution in [1.29, 1.82) is 0 Å². The van der Waals surface area contributed by atoms with Gasteiger partial charge in [0.1, 0.15) is 0 Å². The molecule has 112 valence electrons. The summed E-state index contributed by atoms with van der Waals surface area (Å²) in [5, 5.41) is 4.98. The Morgan fingerprint density at radius 3 is 2.45 bits per heavy atom. The van der Waals surface area contributed by atoms with Crippen molar-refractivity contribution in [2.75, 3.05) is 13.1 Å². The fourth-order valence-corrected chi connectivity index (χ4v) is 3.57. The van der Waals surface area contributed by atoms with Gasteiger partial charge >= 0.3 is 0 Å². The Kier molecular flexibility index (Phi) is 5.77. The van der Waals surface area contributed by atoms with Crippen LogP contribution < -0.4 is 5.32 Å². The molecular formula is C17H25Cl2N. The minimum absolute atomic E-state index is 0.409. The number of hydrogen-bond donors (Lipinski definition) is 1. The van der Waals surface area contributed by atoms with Crippen LogP contribution in [0.2, 0.25) is 10.0 Å². The van der Waals surface area contributed by atoms with Crippen LogP contribution in [0.1, 0.15) is 45.1 Å². The van der Waals surface area contributed by atoms with Crippen molar-refractivity contribution in [2.24, 2.45) is 11.3 Å². The molecule has 1 saturated carbocycles. The fraction of sp³-hybridized carbons (Fsp3) is 0.647. The van der Waals surface area contributed by atoms with E-state index in [4.69, 9.17) is 23.2 Å². The maximum Gasteiger partial charge on any atom is 0.0595 e. The SMILES string of the molecule is CC(C)CNCC1(Cc2ccc(Cl)c(Cl)c2)CCCC1. The Morgan fingerprint density at radius 2 is 1.85 bits per heavy atom. The van der Waals surface area contributed by atoms with Gasteiger partial charge in [0.15, 0.2) is 0 Å². The average molecular weight is 314 g/mol.